The predicted molar refractivity (Wildman–Crippen MR) is 121 cm³/mol. The highest BCUT2D eigenvalue weighted by atomic mass is 35.5. The Labute approximate surface area is 186 Å². The average molecular weight is 459 g/mol. The third kappa shape index (κ3) is 38.3. The van der Waals surface area contributed by atoms with Crippen molar-refractivity contribution in [2.45, 2.75) is 6.92 Å². The zero-order valence-corrected chi connectivity index (χ0v) is 20.4. The summed E-state index contributed by atoms with van der Waals surface area (Å²) >= 11 is 11.1. The van der Waals surface area contributed by atoms with Crippen LogP contribution in [0, 0.1) is 0 Å². The zero-order valence-electron chi connectivity index (χ0n) is 18.9. The number of nitrogens with zero attached hydrogens (tertiary/aromatic N) is 2. The van der Waals surface area contributed by atoms with Crippen LogP contribution in [0.25, 0.3) is 0 Å². The van der Waals surface area contributed by atoms with Crippen LogP contribution in [0.2, 0.25) is 10.0 Å². The summed E-state index contributed by atoms with van der Waals surface area (Å²) in [5, 5.41) is 26.0. The number of aliphatic carboxylic acids is 1. The molecule has 172 valence electrons. The molecule has 0 spiro atoms. The Balaban J connectivity index is -0.000000312. The second-order valence-corrected chi connectivity index (χ2v) is 8.82. The summed E-state index contributed by atoms with van der Waals surface area (Å²) in [4.78, 5) is 9.63. The lowest BCUT2D eigenvalue weighted by atomic mass is 10.4. The minimum absolute atomic E-state index is 0.184. The number of carbonyl (C=O) groups is 1. The van der Waals surface area contributed by atoms with Crippen molar-refractivity contribution in [3.63, 3.8) is 0 Å². The number of aliphatic hydroxyl groups is 2. The van der Waals surface area contributed by atoms with E-state index in [1.54, 1.807) is 25.1 Å². The van der Waals surface area contributed by atoms with Crippen LogP contribution < -0.4 is 0 Å². The fraction of sp³-hybridized carbons (Fsp3) is 0.650. The van der Waals surface area contributed by atoms with Gasteiger partial charge in [0.2, 0.25) is 0 Å². The van der Waals surface area contributed by atoms with Gasteiger partial charge in [0.05, 0.1) is 55.5 Å². The van der Waals surface area contributed by atoms with Gasteiger partial charge in [-0.1, -0.05) is 29.3 Å². The first kappa shape index (κ1) is 32.7. The Bertz CT molecular complexity index is 485. The number of halogens is 2. The maximum atomic E-state index is 9.63. The highest BCUT2D eigenvalue weighted by Crippen LogP contribution is 2.13. The van der Waals surface area contributed by atoms with Crippen molar-refractivity contribution in [1.29, 1.82) is 0 Å². The molecule has 0 saturated carbocycles. The van der Waals surface area contributed by atoms with Gasteiger partial charge in [-0.2, -0.15) is 0 Å². The fourth-order valence-electron chi connectivity index (χ4n) is 1.25. The molecule has 0 aromatic heterocycles. The lowest BCUT2D eigenvalue weighted by Gasteiger charge is -2.21. The van der Waals surface area contributed by atoms with Crippen molar-refractivity contribution in [2.24, 2.45) is 0 Å². The maximum Gasteiger partial charge on any atom is 0.329 e. The molecular weight excluding hydrogens is 419 g/mol. The molecule has 0 amide bonds. The predicted octanol–water partition coefficient (Wildman–Crippen LogP) is 2.47. The number of carboxylic acid groups (broad SMARTS) is 1. The van der Waals surface area contributed by atoms with Crippen molar-refractivity contribution in [2.75, 3.05) is 81.8 Å². The number of benzene rings is 1. The molecule has 0 fully saturated rings. The molecule has 9 heteroatoms. The minimum Gasteiger partial charge on any atom is -0.480 e. The maximum absolute atomic E-state index is 9.63. The normalized spacial score (nSPS) is 10.4. The van der Waals surface area contributed by atoms with Gasteiger partial charge in [-0.25, -0.2) is 4.79 Å². The number of likely N-dealkylation sites (N-methyl/N-ethyl adjacent to an activating group) is 2. The van der Waals surface area contributed by atoms with Crippen LogP contribution in [0.5, 0.6) is 0 Å². The summed E-state index contributed by atoms with van der Waals surface area (Å²) in [5.74, 6) is -0.915. The van der Waals surface area contributed by atoms with Crippen LogP contribution in [-0.4, -0.2) is 112 Å². The Morgan fingerprint density at radius 1 is 0.931 bits per heavy atom. The molecular formula is C20H40Cl2N2O5+2. The second kappa shape index (κ2) is 19.1. The third-order valence-corrected chi connectivity index (χ3v) is 3.23. The number of ether oxygens (including phenoxy) is 1. The molecule has 0 atom stereocenters. The Morgan fingerprint density at radius 3 is 1.41 bits per heavy atom. The first-order valence-corrected chi connectivity index (χ1v) is 9.97. The minimum atomic E-state index is -0.915. The molecule has 1 aromatic rings. The van der Waals surface area contributed by atoms with Gasteiger partial charge in [-0.3, -0.25) is 0 Å². The van der Waals surface area contributed by atoms with Gasteiger partial charge < -0.3 is 29.0 Å². The molecule has 0 radical (unpaired) electrons. The lowest BCUT2D eigenvalue weighted by molar-refractivity contribution is -0.870. The van der Waals surface area contributed by atoms with Gasteiger partial charge in [0.1, 0.15) is 19.7 Å². The van der Waals surface area contributed by atoms with E-state index in [0.717, 1.165) is 22.1 Å². The van der Waals surface area contributed by atoms with Crippen LogP contribution in [0.1, 0.15) is 6.92 Å². The molecule has 0 heterocycles. The van der Waals surface area contributed by atoms with E-state index >= 15 is 0 Å². The third-order valence-electron chi connectivity index (χ3n) is 2.76. The van der Waals surface area contributed by atoms with Gasteiger partial charge in [0, 0.05) is 16.7 Å². The Hall–Kier alpha value is -0.930. The van der Waals surface area contributed by atoms with E-state index in [9.17, 15) is 4.79 Å². The standard InChI is InChI=1S/C6H4Cl2.2C5H14NO.C4H8O3/c7-5-2-1-3-6(8)4-5;2*1-6(2,3)4-5-7;1-2-7-3-4(5)6/h1-4H;2*7H,4-5H2,1-3H3;2-3H2,1H3,(H,5,6)/q;2*+1;. The number of quaternary nitrogens is 2. The highest BCUT2D eigenvalue weighted by molar-refractivity contribution is 6.34. The first-order chi connectivity index (χ1) is 13.2. The van der Waals surface area contributed by atoms with E-state index in [1.807, 2.05) is 6.07 Å². The summed E-state index contributed by atoms with van der Waals surface area (Å²) in [7, 11) is 12.3. The molecule has 0 saturated heterocycles. The number of hydrogen-bond donors (Lipinski definition) is 3. The number of carboxylic acids is 1. The summed E-state index contributed by atoms with van der Waals surface area (Å²) < 4.78 is 6.18. The van der Waals surface area contributed by atoms with Crippen molar-refractivity contribution >= 4 is 29.2 Å². The fourth-order valence-corrected chi connectivity index (χ4v) is 1.69. The van der Waals surface area contributed by atoms with E-state index in [4.69, 9.17) is 38.5 Å². The van der Waals surface area contributed by atoms with Gasteiger partial charge in [-0.15, -0.1) is 0 Å². The number of hydrogen-bond acceptors (Lipinski definition) is 4. The molecule has 0 bridgehead atoms. The van der Waals surface area contributed by atoms with E-state index in [-0.39, 0.29) is 19.8 Å². The van der Waals surface area contributed by atoms with Gasteiger partial charge in [-0.05, 0) is 25.1 Å². The van der Waals surface area contributed by atoms with E-state index in [2.05, 4.69) is 47.0 Å². The zero-order chi connectivity index (χ0) is 23.5. The number of rotatable bonds is 7. The quantitative estimate of drug-likeness (QED) is 0.546. The number of aliphatic hydroxyl groups excluding tert-OH is 2. The van der Waals surface area contributed by atoms with Crippen molar-refractivity contribution in [3.05, 3.63) is 34.3 Å². The van der Waals surface area contributed by atoms with Crippen LogP contribution in [0.15, 0.2) is 24.3 Å². The van der Waals surface area contributed by atoms with Crippen molar-refractivity contribution in [3.8, 4) is 0 Å². The summed E-state index contributed by atoms with van der Waals surface area (Å²) in [6.45, 7) is 4.26. The smallest absolute Gasteiger partial charge is 0.329 e. The highest BCUT2D eigenvalue weighted by Gasteiger charge is 2.02. The molecule has 0 unspecified atom stereocenters. The first-order valence-electron chi connectivity index (χ1n) is 9.21. The van der Waals surface area contributed by atoms with Crippen LogP contribution in [0.4, 0.5) is 0 Å². The molecule has 1 aromatic carbocycles. The van der Waals surface area contributed by atoms with E-state index in [1.165, 1.54) is 0 Å². The van der Waals surface area contributed by atoms with Gasteiger partial charge in [0.15, 0.2) is 0 Å². The van der Waals surface area contributed by atoms with Crippen molar-refractivity contribution < 1.29 is 33.8 Å². The van der Waals surface area contributed by atoms with Crippen LogP contribution in [0.3, 0.4) is 0 Å². The summed E-state index contributed by atoms with van der Waals surface area (Å²) in [6.07, 6.45) is 0. The molecule has 0 aliphatic rings. The summed E-state index contributed by atoms with van der Waals surface area (Å²) in [6, 6.07) is 7.08. The van der Waals surface area contributed by atoms with Crippen molar-refractivity contribution in [1.82, 2.24) is 0 Å². The Kier molecular flexibility index (Phi) is 21.5. The lowest BCUT2D eigenvalue weighted by Crippen LogP contribution is -2.36. The monoisotopic (exact) mass is 458 g/mol. The van der Waals surface area contributed by atoms with E-state index < -0.39 is 5.97 Å². The molecule has 7 nitrogen and oxygen atoms in total. The van der Waals surface area contributed by atoms with Crippen LogP contribution in [-0.2, 0) is 9.53 Å². The molecule has 3 N–H and O–H groups in total. The average Bonchev–Trinajstić information content (AvgIpc) is 2.52. The summed E-state index contributed by atoms with van der Waals surface area (Å²) in [5.41, 5.74) is 0. The van der Waals surface area contributed by atoms with Crippen LogP contribution >= 0.6 is 23.2 Å². The molecule has 29 heavy (non-hydrogen) atoms. The van der Waals surface area contributed by atoms with E-state index in [0.29, 0.717) is 16.7 Å². The molecule has 0 aliphatic heterocycles. The molecule has 1 rings (SSSR count). The topological polar surface area (TPSA) is 87.0 Å². The SMILES string of the molecule is CCOCC(=O)O.C[N+](C)(C)CCO.C[N+](C)(C)CCO.Clc1cccc(Cl)c1. The largest absolute Gasteiger partial charge is 0.480 e. The second-order valence-electron chi connectivity index (χ2n) is 7.95. The molecule has 0 aliphatic carbocycles. The Morgan fingerprint density at radius 2 is 1.31 bits per heavy atom. The van der Waals surface area contributed by atoms with Gasteiger partial charge >= 0.3 is 5.97 Å². The van der Waals surface area contributed by atoms with Gasteiger partial charge in [0.25, 0.3) is 0 Å².